The molecule has 3 rings (SSSR count). The molecule has 0 spiro atoms. The minimum Gasteiger partial charge on any atom is -0.497 e. The van der Waals surface area contributed by atoms with Crippen molar-refractivity contribution < 1.29 is 14.2 Å². The Morgan fingerprint density at radius 2 is 1.87 bits per heavy atom. The molecule has 0 bridgehead atoms. The van der Waals surface area contributed by atoms with Crippen molar-refractivity contribution in [3.8, 4) is 5.75 Å². The maximum Gasteiger partial charge on any atom is 0.126 e. The van der Waals surface area contributed by atoms with Gasteiger partial charge in [0, 0.05) is 19.0 Å². The van der Waals surface area contributed by atoms with Crippen LogP contribution < -0.4 is 4.74 Å². The first-order valence-electron chi connectivity index (χ1n) is 7.84. The summed E-state index contributed by atoms with van der Waals surface area (Å²) in [5.74, 6) is 0.170. The number of rotatable bonds is 3. The lowest BCUT2D eigenvalue weighted by Gasteiger charge is -2.44. The molecule has 2 aromatic carbocycles. The lowest BCUT2D eigenvalue weighted by atomic mass is 9.72. The van der Waals surface area contributed by atoms with Crippen LogP contribution in [0.4, 0.5) is 4.39 Å². The molecule has 0 aliphatic carbocycles. The van der Waals surface area contributed by atoms with E-state index in [0.29, 0.717) is 18.5 Å². The first-order valence-corrected chi connectivity index (χ1v) is 7.84. The van der Waals surface area contributed by atoms with Gasteiger partial charge < -0.3 is 14.7 Å². The van der Waals surface area contributed by atoms with Crippen LogP contribution in [-0.4, -0.2) is 37.3 Å². The van der Waals surface area contributed by atoms with Crippen LogP contribution in [0.3, 0.4) is 0 Å². The molecular formula is C19H22FNO2. The fourth-order valence-electron chi connectivity index (χ4n) is 3.43. The minimum atomic E-state index is -1.08. The summed E-state index contributed by atoms with van der Waals surface area (Å²) in [6.07, 6.45) is 0.564. The van der Waals surface area contributed by atoms with Crippen LogP contribution in [0.5, 0.6) is 5.75 Å². The fourth-order valence-corrected chi connectivity index (χ4v) is 3.43. The monoisotopic (exact) mass is 315 g/mol. The largest absolute Gasteiger partial charge is 0.497 e. The molecule has 0 amide bonds. The van der Waals surface area contributed by atoms with E-state index in [1.807, 2.05) is 37.4 Å². The zero-order valence-electron chi connectivity index (χ0n) is 13.5. The highest BCUT2D eigenvalue weighted by Crippen LogP contribution is 2.44. The molecule has 0 unspecified atom stereocenters. The maximum absolute atomic E-state index is 14.3. The first kappa shape index (κ1) is 16.0. The summed E-state index contributed by atoms with van der Waals surface area (Å²) >= 11 is 0. The Morgan fingerprint density at radius 1 is 1.17 bits per heavy atom. The molecule has 1 N–H and O–H groups in total. The quantitative estimate of drug-likeness (QED) is 0.944. The Kier molecular flexibility index (Phi) is 4.37. The van der Waals surface area contributed by atoms with E-state index in [1.165, 1.54) is 6.07 Å². The zero-order valence-corrected chi connectivity index (χ0v) is 13.5. The van der Waals surface area contributed by atoms with Crippen LogP contribution in [0.25, 0.3) is 0 Å². The van der Waals surface area contributed by atoms with Crippen molar-refractivity contribution in [2.75, 3.05) is 27.2 Å². The Labute approximate surface area is 136 Å². The average Bonchev–Trinajstić information content (AvgIpc) is 2.58. The molecule has 0 saturated carbocycles. The summed E-state index contributed by atoms with van der Waals surface area (Å²) in [5, 5.41) is 11.4. The number of piperidine rings is 1. The van der Waals surface area contributed by atoms with Gasteiger partial charge in [0.2, 0.25) is 0 Å². The number of methoxy groups -OCH3 is 1. The van der Waals surface area contributed by atoms with E-state index in [9.17, 15) is 9.50 Å². The molecule has 2 aromatic rings. The number of hydrogen-bond donors (Lipinski definition) is 1. The number of ether oxygens (including phenoxy) is 1. The van der Waals surface area contributed by atoms with Crippen LogP contribution in [-0.2, 0) is 5.60 Å². The molecular weight excluding hydrogens is 293 g/mol. The predicted octanol–water partition coefficient (Wildman–Crippen LogP) is 3.14. The highest BCUT2D eigenvalue weighted by atomic mass is 19.1. The van der Waals surface area contributed by atoms with E-state index in [-0.39, 0.29) is 11.7 Å². The fraction of sp³-hybridized carbons (Fsp3) is 0.368. The first-order chi connectivity index (χ1) is 11.0. The van der Waals surface area contributed by atoms with Crippen molar-refractivity contribution in [2.24, 2.45) is 0 Å². The van der Waals surface area contributed by atoms with Gasteiger partial charge in [0.05, 0.1) is 12.7 Å². The number of nitrogens with zero attached hydrogens (tertiary/aromatic N) is 1. The molecule has 0 radical (unpaired) electrons. The Balaban J connectivity index is 2.04. The van der Waals surface area contributed by atoms with Gasteiger partial charge in [0.1, 0.15) is 11.6 Å². The van der Waals surface area contributed by atoms with Crippen LogP contribution in [0.2, 0.25) is 0 Å². The van der Waals surface area contributed by atoms with Gasteiger partial charge in [-0.1, -0.05) is 30.3 Å². The van der Waals surface area contributed by atoms with Gasteiger partial charge in [-0.2, -0.15) is 0 Å². The molecule has 3 nitrogen and oxygen atoms in total. The number of aliphatic hydroxyl groups is 1. The highest BCUT2D eigenvalue weighted by Gasteiger charge is 2.43. The summed E-state index contributed by atoms with van der Waals surface area (Å²) in [6.45, 7) is 1.39. The SMILES string of the molecule is COc1ccc([C@]2(O)CCN(C)C[C@@H]2c2ccccc2F)cc1. The van der Waals surface area contributed by atoms with Crippen LogP contribution in [0.15, 0.2) is 48.5 Å². The number of hydrogen-bond acceptors (Lipinski definition) is 3. The second-order valence-corrected chi connectivity index (χ2v) is 6.24. The number of benzene rings is 2. The lowest BCUT2D eigenvalue weighted by Crippen LogP contribution is -2.47. The van der Waals surface area contributed by atoms with E-state index in [1.54, 1.807) is 19.2 Å². The second-order valence-electron chi connectivity index (χ2n) is 6.24. The van der Waals surface area contributed by atoms with E-state index < -0.39 is 5.60 Å². The molecule has 122 valence electrons. The van der Waals surface area contributed by atoms with E-state index in [0.717, 1.165) is 17.9 Å². The van der Waals surface area contributed by atoms with Crippen molar-refractivity contribution in [2.45, 2.75) is 17.9 Å². The van der Waals surface area contributed by atoms with Crippen molar-refractivity contribution in [1.29, 1.82) is 0 Å². The number of likely N-dealkylation sites (tertiary alicyclic amines) is 1. The van der Waals surface area contributed by atoms with Crippen LogP contribution in [0, 0.1) is 5.82 Å². The third kappa shape index (κ3) is 2.96. The third-order valence-electron chi connectivity index (χ3n) is 4.82. The van der Waals surface area contributed by atoms with E-state index in [4.69, 9.17) is 4.74 Å². The van der Waals surface area contributed by atoms with Crippen molar-refractivity contribution in [3.63, 3.8) is 0 Å². The van der Waals surface area contributed by atoms with Gasteiger partial charge in [0.15, 0.2) is 0 Å². The van der Waals surface area contributed by atoms with Gasteiger partial charge in [-0.05, 0) is 42.8 Å². The molecule has 23 heavy (non-hydrogen) atoms. The molecule has 1 fully saturated rings. The Hall–Kier alpha value is -1.91. The molecule has 1 aliphatic heterocycles. The number of likely N-dealkylation sites (N-methyl/N-ethyl adjacent to an activating group) is 1. The lowest BCUT2D eigenvalue weighted by molar-refractivity contribution is -0.0428. The van der Waals surface area contributed by atoms with Crippen molar-refractivity contribution in [1.82, 2.24) is 4.90 Å². The van der Waals surface area contributed by atoms with Crippen LogP contribution >= 0.6 is 0 Å². The average molecular weight is 315 g/mol. The normalized spacial score (nSPS) is 25.3. The summed E-state index contributed by atoms with van der Waals surface area (Å²) in [7, 11) is 3.61. The summed E-state index contributed by atoms with van der Waals surface area (Å²) in [6, 6.07) is 14.1. The second kappa shape index (κ2) is 6.30. The molecule has 1 saturated heterocycles. The molecule has 1 aliphatic rings. The Bertz CT molecular complexity index is 673. The molecule has 0 aromatic heterocycles. The minimum absolute atomic E-state index is 0.264. The third-order valence-corrected chi connectivity index (χ3v) is 4.82. The summed E-state index contributed by atoms with van der Waals surface area (Å²) < 4.78 is 19.5. The van der Waals surface area contributed by atoms with E-state index in [2.05, 4.69) is 4.90 Å². The van der Waals surface area contributed by atoms with Crippen molar-refractivity contribution >= 4 is 0 Å². The van der Waals surface area contributed by atoms with Crippen molar-refractivity contribution in [3.05, 3.63) is 65.5 Å². The van der Waals surface area contributed by atoms with Gasteiger partial charge in [-0.3, -0.25) is 0 Å². The summed E-state index contributed by atoms with van der Waals surface area (Å²) in [5.41, 5.74) is 0.290. The van der Waals surface area contributed by atoms with Gasteiger partial charge in [-0.25, -0.2) is 4.39 Å². The Morgan fingerprint density at radius 3 is 2.52 bits per heavy atom. The molecule has 4 heteroatoms. The van der Waals surface area contributed by atoms with Crippen LogP contribution in [0.1, 0.15) is 23.5 Å². The van der Waals surface area contributed by atoms with Gasteiger partial charge in [0.25, 0.3) is 0 Å². The van der Waals surface area contributed by atoms with Gasteiger partial charge in [-0.15, -0.1) is 0 Å². The maximum atomic E-state index is 14.3. The topological polar surface area (TPSA) is 32.7 Å². The van der Waals surface area contributed by atoms with E-state index >= 15 is 0 Å². The predicted molar refractivity (Wildman–Crippen MR) is 88.1 cm³/mol. The molecule has 2 atom stereocenters. The zero-order chi connectivity index (χ0) is 16.4. The smallest absolute Gasteiger partial charge is 0.126 e. The highest BCUT2D eigenvalue weighted by molar-refractivity contribution is 5.36. The standard InChI is InChI=1S/C19H22FNO2/c1-21-12-11-19(22,14-7-9-15(23-2)10-8-14)17(13-21)16-5-3-4-6-18(16)20/h3-10,17,22H,11-13H2,1-2H3/t17-,19-/m1/s1. The van der Waals surface area contributed by atoms with Gasteiger partial charge >= 0.3 is 0 Å². The molecule has 1 heterocycles. The summed E-state index contributed by atoms with van der Waals surface area (Å²) in [4.78, 5) is 2.13. The number of halogens is 1.